The SMILES string of the molecule is Brc1cccc(/C=N/OC2OCCc3ccccc32)c1. The molecule has 20 heavy (non-hydrogen) atoms. The molecule has 0 saturated carbocycles. The maximum absolute atomic E-state index is 5.62. The first-order chi connectivity index (χ1) is 9.83. The van der Waals surface area contributed by atoms with E-state index in [1.165, 1.54) is 5.56 Å². The van der Waals surface area contributed by atoms with E-state index in [0.29, 0.717) is 6.61 Å². The van der Waals surface area contributed by atoms with Crippen LogP contribution >= 0.6 is 15.9 Å². The number of hydrogen-bond acceptors (Lipinski definition) is 3. The molecule has 0 spiro atoms. The minimum Gasteiger partial charge on any atom is -0.358 e. The van der Waals surface area contributed by atoms with Crippen LogP contribution in [-0.4, -0.2) is 12.8 Å². The summed E-state index contributed by atoms with van der Waals surface area (Å²) in [5, 5.41) is 4.03. The summed E-state index contributed by atoms with van der Waals surface area (Å²) < 4.78 is 6.64. The van der Waals surface area contributed by atoms with Crippen molar-refractivity contribution >= 4 is 22.1 Å². The maximum Gasteiger partial charge on any atom is 0.253 e. The van der Waals surface area contributed by atoms with E-state index in [-0.39, 0.29) is 0 Å². The molecule has 1 heterocycles. The second-order valence-electron chi connectivity index (χ2n) is 4.55. The van der Waals surface area contributed by atoms with Gasteiger partial charge in [-0.3, -0.25) is 0 Å². The lowest BCUT2D eigenvalue weighted by molar-refractivity contribution is -0.152. The molecular formula is C16H14BrNO2. The summed E-state index contributed by atoms with van der Waals surface area (Å²) >= 11 is 3.42. The second kappa shape index (κ2) is 6.20. The molecule has 0 bridgehead atoms. The molecule has 0 aliphatic carbocycles. The summed E-state index contributed by atoms with van der Waals surface area (Å²) in [6, 6.07) is 16.0. The number of oxime groups is 1. The van der Waals surface area contributed by atoms with E-state index in [0.717, 1.165) is 22.0 Å². The van der Waals surface area contributed by atoms with Crippen molar-refractivity contribution in [3.05, 3.63) is 69.7 Å². The molecule has 2 aromatic carbocycles. The van der Waals surface area contributed by atoms with E-state index in [1.54, 1.807) is 6.21 Å². The number of benzene rings is 2. The first-order valence-electron chi connectivity index (χ1n) is 6.47. The highest BCUT2D eigenvalue weighted by molar-refractivity contribution is 9.10. The Morgan fingerprint density at radius 3 is 3.00 bits per heavy atom. The molecule has 1 unspecified atom stereocenters. The Hall–Kier alpha value is -1.65. The zero-order valence-corrected chi connectivity index (χ0v) is 12.4. The Labute approximate surface area is 126 Å². The van der Waals surface area contributed by atoms with Crippen LogP contribution in [0.25, 0.3) is 0 Å². The second-order valence-corrected chi connectivity index (χ2v) is 5.46. The van der Waals surface area contributed by atoms with Gasteiger partial charge < -0.3 is 9.57 Å². The van der Waals surface area contributed by atoms with Gasteiger partial charge in [0.1, 0.15) is 0 Å². The topological polar surface area (TPSA) is 30.8 Å². The maximum atomic E-state index is 5.62. The molecule has 4 heteroatoms. The fraction of sp³-hybridized carbons (Fsp3) is 0.188. The smallest absolute Gasteiger partial charge is 0.253 e. The van der Waals surface area contributed by atoms with Gasteiger partial charge >= 0.3 is 0 Å². The monoisotopic (exact) mass is 331 g/mol. The van der Waals surface area contributed by atoms with E-state index < -0.39 is 6.29 Å². The molecule has 0 N–H and O–H groups in total. The normalized spacial score (nSPS) is 17.9. The number of hydrogen-bond donors (Lipinski definition) is 0. The molecule has 1 aliphatic rings. The van der Waals surface area contributed by atoms with E-state index in [1.807, 2.05) is 42.5 Å². The van der Waals surface area contributed by atoms with Gasteiger partial charge in [0.25, 0.3) is 6.29 Å². The molecule has 0 saturated heterocycles. The minimum absolute atomic E-state index is 0.414. The van der Waals surface area contributed by atoms with Gasteiger partial charge in [-0.15, -0.1) is 0 Å². The van der Waals surface area contributed by atoms with Crippen LogP contribution in [0.5, 0.6) is 0 Å². The van der Waals surface area contributed by atoms with Crippen LogP contribution in [0.15, 0.2) is 58.2 Å². The van der Waals surface area contributed by atoms with Crippen LogP contribution in [0.2, 0.25) is 0 Å². The van der Waals surface area contributed by atoms with Crippen molar-refractivity contribution in [2.45, 2.75) is 12.7 Å². The predicted octanol–water partition coefficient (Wildman–Crippen LogP) is 4.07. The summed E-state index contributed by atoms with van der Waals surface area (Å²) in [4.78, 5) is 5.49. The largest absolute Gasteiger partial charge is 0.358 e. The van der Waals surface area contributed by atoms with Crippen LogP contribution in [0.3, 0.4) is 0 Å². The third kappa shape index (κ3) is 3.08. The van der Waals surface area contributed by atoms with Crippen LogP contribution in [-0.2, 0) is 16.0 Å². The quantitative estimate of drug-likeness (QED) is 0.627. The molecule has 3 nitrogen and oxygen atoms in total. The first kappa shape index (κ1) is 13.3. The third-order valence-corrected chi connectivity index (χ3v) is 3.65. The molecule has 0 aromatic heterocycles. The Morgan fingerprint density at radius 1 is 1.20 bits per heavy atom. The van der Waals surface area contributed by atoms with Crippen molar-refractivity contribution in [1.29, 1.82) is 0 Å². The molecule has 1 aliphatic heterocycles. The van der Waals surface area contributed by atoms with Gasteiger partial charge in [-0.05, 0) is 29.7 Å². The summed E-state index contributed by atoms with van der Waals surface area (Å²) in [6.07, 6.45) is 2.19. The average Bonchev–Trinajstić information content (AvgIpc) is 2.48. The van der Waals surface area contributed by atoms with Crippen molar-refractivity contribution in [2.75, 3.05) is 6.61 Å². The average molecular weight is 332 g/mol. The van der Waals surface area contributed by atoms with Gasteiger partial charge in [-0.25, -0.2) is 0 Å². The highest BCUT2D eigenvalue weighted by atomic mass is 79.9. The van der Waals surface area contributed by atoms with Crippen LogP contribution < -0.4 is 0 Å². The van der Waals surface area contributed by atoms with E-state index in [9.17, 15) is 0 Å². The number of ether oxygens (including phenoxy) is 1. The Kier molecular flexibility index (Phi) is 4.14. The molecule has 0 radical (unpaired) electrons. The summed E-state index contributed by atoms with van der Waals surface area (Å²) in [7, 11) is 0. The van der Waals surface area contributed by atoms with Crippen molar-refractivity contribution in [1.82, 2.24) is 0 Å². The van der Waals surface area contributed by atoms with E-state index in [4.69, 9.17) is 9.57 Å². The van der Waals surface area contributed by atoms with Crippen molar-refractivity contribution in [3.63, 3.8) is 0 Å². The summed E-state index contributed by atoms with van der Waals surface area (Å²) in [5.74, 6) is 0. The zero-order chi connectivity index (χ0) is 13.8. The van der Waals surface area contributed by atoms with Gasteiger partial charge in [-0.1, -0.05) is 57.5 Å². The number of nitrogens with zero attached hydrogens (tertiary/aromatic N) is 1. The minimum atomic E-state index is -0.414. The van der Waals surface area contributed by atoms with Crippen LogP contribution in [0.4, 0.5) is 0 Å². The number of fused-ring (bicyclic) bond motifs is 1. The Morgan fingerprint density at radius 2 is 2.10 bits per heavy atom. The lowest BCUT2D eigenvalue weighted by atomic mass is 10.0. The first-order valence-corrected chi connectivity index (χ1v) is 7.26. The molecule has 0 amide bonds. The fourth-order valence-electron chi connectivity index (χ4n) is 2.18. The van der Waals surface area contributed by atoms with Crippen LogP contribution in [0.1, 0.15) is 23.0 Å². The standard InChI is InChI=1S/C16H14BrNO2/c17-14-6-3-4-12(10-14)11-18-20-16-15-7-2-1-5-13(15)8-9-19-16/h1-7,10-11,16H,8-9H2/b18-11+. The fourth-order valence-corrected chi connectivity index (χ4v) is 2.60. The summed E-state index contributed by atoms with van der Waals surface area (Å²) in [5.41, 5.74) is 3.30. The molecule has 102 valence electrons. The third-order valence-electron chi connectivity index (χ3n) is 3.16. The lowest BCUT2D eigenvalue weighted by Crippen LogP contribution is -2.17. The predicted molar refractivity (Wildman–Crippen MR) is 81.7 cm³/mol. The molecule has 3 rings (SSSR count). The molecule has 1 atom stereocenters. The lowest BCUT2D eigenvalue weighted by Gasteiger charge is -2.23. The van der Waals surface area contributed by atoms with E-state index >= 15 is 0 Å². The number of rotatable bonds is 3. The van der Waals surface area contributed by atoms with E-state index in [2.05, 4.69) is 27.2 Å². The van der Waals surface area contributed by atoms with Gasteiger partial charge in [0, 0.05) is 10.0 Å². The zero-order valence-electron chi connectivity index (χ0n) is 10.8. The van der Waals surface area contributed by atoms with Gasteiger partial charge in [0.2, 0.25) is 0 Å². The Balaban J connectivity index is 1.70. The molecule has 0 fully saturated rings. The van der Waals surface area contributed by atoms with Crippen molar-refractivity contribution < 1.29 is 9.57 Å². The van der Waals surface area contributed by atoms with Crippen molar-refractivity contribution in [2.24, 2.45) is 5.16 Å². The number of halogens is 1. The van der Waals surface area contributed by atoms with Gasteiger partial charge in [0.15, 0.2) is 0 Å². The van der Waals surface area contributed by atoms with Crippen LogP contribution in [0, 0.1) is 0 Å². The van der Waals surface area contributed by atoms with Crippen molar-refractivity contribution in [3.8, 4) is 0 Å². The molecular weight excluding hydrogens is 318 g/mol. The van der Waals surface area contributed by atoms with Gasteiger partial charge in [-0.2, -0.15) is 0 Å². The molecule has 2 aromatic rings. The van der Waals surface area contributed by atoms with Gasteiger partial charge in [0.05, 0.1) is 12.8 Å². The summed E-state index contributed by atoms with van der Waals surface area (Å²) in [6.45, 7) is 0.661. The highest BCUT2D eigenvalue weighted by Crippen LogP contribution is 2.27. The highest BCUT2D eigenvalue weighted by Gasteiger charge is 2.21. The Bertz CT molecular complexity index is 627.